The van der Waals surface area contributed by atoms with E-state index in [-0.39, 0.29) is 34.6 Å². The molecule has 0 aliphatic carbocycles. The summed E-state index contributed by atoms with van der Waals surface area (Å²) in [6, 6.07) is 5.36. The molecule has 2 saturated heterocycles. The lowest BCUT2D eigenvalue weighted by atomic mass is 9.79. The molecule has 1 aromatic rings. The molecular weight excluding hydrogens is 484 g/mol. The molecule has 1 aromatic carbocycles. The molecule has 0 unspecified atom stereocenters. The molecule has 4 rings (SSSR count). The van der Waals surface area contributed by atoms with Crippen LogP contribution >= 0.6 is 11.8 Å². The Morgan fingerprint density at radius 2 is 2.03 bits per heavy atom. The Kier molecular flexibility index (Phi) is 7.46. The summed E-state index contributed by atoms with van der Waals surface area (Å²) in [4.78, 5) is 38.1. The number of carboxylic acid groups (broad SMARTS) is 1. The van der Waals surface area contributed by atoms with Gasteiger partial charge in [-0.1, -0.05) is 19.1 Å². The number of aliphatic carboxylic acids is 1. The van der Waals surface area contributed by atoms with E-state index < -0.39 is 30.6 Å². The number of alkyl halides is 2. The number of aliphatic hydroxyl groups is 1. The molecule has 35 heavy (non-hydrogen) atoms. The third-order valence-electron chi connectivity index (χ3n) is 6.70. The van der Waals surface area contributed by atoms with Crippen molar-refractivity contribution >= 4 is 29.9 Å². The van der Waals surface area contributed by atoms with Crippen molar-refractivity contribution in [3.63, 3.8) is 0 Å². The Bertz CT molecular complexity index is 1020. The van der Waals surface area contributed by atoms with Crippen LogP contribution in [0.5, 0.6) is 5.75 Å². The number of carbonyl (C=O) groups is 3. The number of benzene rings is 1. The highest BCUT2D eigenvalue weighted by atomic mass is 32.2. The van der Waals surface area contributed by atoms with Crippen LogP contribution in [0.15, 0.2) is 34.9 Å². The predicted molar refractivity (Wildman–Crippen MR) is 122 cm³/mol. The number of hydrogen-bond acceptors (Lipinski definition) is 8. The number of aliphatic hydroxyl groups excluding tert-OH is 1. The third kappa shape index (κ3) is 4.92. The average molecular weight is 512 g/mol. The number of carboxylic acids is 1. The van der Waals surface area contributed by atoms with Crippen LogP contribution in [0.2, 0.25) is 0 Å². The first-order chi connectivity index (χ1) is 16.6. The monoisotopic (exact) mass is 511 g/mol. The van der Waals surface area contributed by atoms with Crippen molar-refractivity contribution in [3.05, 3.63) is 40.4 Å². The molecule has 0 aromatic heterocycles. The van der Waals surface area contributed by atoms with Crippen molar-refractivity contribution in [1.29, 1.82) is 0 Å². The number of halogens is 2. The summed E-state index contributed by atoms with van der Waals surface area (Å²) >= 11 is 1.37. The fourth-order valence-corrected chi connectivity index (χ4v) is 6.60. The van der Waals surface area contributed by atoms with Gasteiger partial charge in [0.15, 0.2) is 0 Å². The van der Waals surface area contributed by atoms with Gasteiger partial charge in [0.05, 0.1) is 24.1 Å². The van der Waals surface area contributed by atoms with E-state index in [9.17, 15) is 33.4 Å². The van der Waals surface area contributed by atoms with Crippen LogP contribution in [0.1, 0.15) is 25.8 Å². The predicted octanol–water partition coefficient (Wildman–Crippen LogP) is 1.82. The van der Waals surface area contributed by atoms with E-state index in [0.717, 1.165) is 11.8 Å². The Labute approximate surface area is 205 Å². The number of nitrogens with one attached hydrogen (secondary N) is 1. The first-order valence-corrected chi connectivity index (χ1v) is 12.1. The molecule has 6 atom stereocenters. The number of hydrogen-bond donors (Lipinski definition) is 3. The van der Waals surface area contributed by atoms with Gasteiger partial charge < -0.3 is 24.6 Å². The molecule has 3 aliphatic heterocycles. The van der Waals surface area contributed by atoms with Gasteiger partial charge in [0.25, 0.3) is 0 Å². The molecule has 3 aliphatic rings. The van der Waals surface area contributed by atoms with Gasteiger partial charge in [0.2, 0.25) is 5.91 Å². The van der Waals surface area contributed by atoms with Crippen LogP contribution in [-0.2, 0) is 20.9 Å². The van der Waals surface area contributed by atoms with Crippen LogP contribution in [0.4, 0.5) is 8.78 Å². The van der Waals surface area contributed by atoms with Crippen LogP contribution in [-0.4, -0.2) is 74.9 Å². The molecule has 190 valence electrons. The fourth-order valence-electron chi connectivity index (χ4n) is 5.06. The number of fused-ring (bicyclic) bond motifs is 1. The second-order valence-electron chi connectivity index (χ2n) is 8.96. The molecule has 1 amide bonds. The van der Waals surface area contributed by atoms with Crippen LogP contribution < -0.4 is 10.2 Å². The lowest BCUT2D eigenvalue weighted by Gasteiger charge is -2.46. The summed E-state index contributed by atoms with van der Waals surface area (Å²) in [6.45, 7) is 1.32. The summed E-state index contributed by atoms with van der Waals surface area (Å²) in [5, 5.41) is 21.5. The molecule has 9 nitrogen and oxygen atoms in total. The van der Waals surface area contributed by atoms with Gasteiger partial charge in [-0.3, -0.25) is 10.2 Å². The third-order valence-corrected chi connectivity index (χ3v) is 8.20. The number of nitrogens with zero attached hydrogens (tertiary/aromatic N) is 2. The van der Waals surface area contributed by atoms with Crippen molar-refractivity contribution in [2.24, 2.45) is 11.8 Å². The minimum absolute atomic E-state index is 0.0328. The zero-order chi connectivity index (χ0) is 25.4. The van der Waals surface area contributed by atoms with E-state index in [2.05, 4.69) is 10.2 Å². The zero-order valence-corrected chi connectivity index (χ0v) is 20.0. The molecule has 3 heterocycles. The maximum Gasteiger partial charge on any atom is 0.387 e. The number of carbonyl (C=O) groups excluding carboxylic acids is 2. The summed E-state index contributed by atoms with van der Waals surface area (Å²) in [5.74, 6) is -2.37. The van der Waals surface area contributed by atoms with E-state index in [1.54, 1.807) is 17.1 Å². The smallest absolute Gasteiger partial charge is 0.387 e. The first kappa shape index (κ1) is 25.5. The van der Waals surface area contributed by atoms with Gasteiger partial charge in [0, 0.05) is 29.2 Å². The number of rotatable bonds is 10. The van der Waals surface area contributed by atoms with E-state index in [0.29, 0.717) is 24.4 Å². The van der Waals surface area contributed by atoms with Crippen LogP contribution in [0, 0.1) is 11.8 Å². The SMILES string of the molecule is C[C@@H](O)[C@H]1C(=O)N2C(C(=O)O)=C(S[C@H]3C[C@@H](C=O)N(NCc4ccc(OC(F)F)cc4)C3)[C@H](C)[C@H]12. The number of aldehydes is 1. The van der Waals surface area contributed by atoms with Crippen molar-refractivity contribution < 1.29 is 38.1 Å². The number of thioether (sulfide) groups is 1. The second kappa shape index (κ2) is 10.2. The Balaban J connectivity index is 1.41. The molecule has 12 heteroatoms. The lowest BCUT2D eigenvalue weighted by molar-refractivity contribution is -0.163. The van der Waals surface area contributed by atoms with E-state index in [4.69, 9.17) is 0 Å². The summed E-state index contributed by atoms with van der Waals surface area (Å²) < 4.78 is 29.0. The van der Waals surface area contributed by atoms with Crippen LogP contribution in [0.3, 0.4) is 0 Å². The summed E-state index contributed by atoms with van der Waals surface area (Å²) in [6.07, 6.45) is 0.453. The molecule has 0 spiro atoms. The second-order valence-corrected chi connectivity index (χ2v) is 10.3. The topological polar surface area (TPSA) is 119 Å². The van der Waals surface area contributed by atoms with Crippen molar-refractivity contribution in [1.82, 2.24) is 15.3 Å². The van der Waals surface area contributed by atoms with Crippen molar-refractivity contribution in [3.8, 4) is 5.75 Å². The highest BCUT2D eigenvalue weighted by Crippen LogP contribution is 2.52. The average Bonchev–Trinajstić information content (AvgIpc) is 3.29. The Morgan fingerprint density at radius 1 is 1.34 bits per heavy atom. The Morgan fingerprint density at radius 3 is 2.60 bits per heavy atom. The minimum atomic E-state index is -2.89. The molecule has 3 N–H and O–H groups in total. The fraction of sp³-hybridized carbons (Fsp3) is 0.522. The highest BCUT2D eigenvalue weighted by molar-refractivity contribution is 8.03. The van der Waals surface area contributed by atoms with E-state index in [1.165, 1.54) is 35.7 Å². The number of ether oxygens (including phenoxy) is 1. The number of β-lactam (4-membered cyclic amide) rings is 1. The largest absolute Gasteiger partial charge is 0.477 e. The first-order valence-electron chi connectivity index (χ1n) is 11.3. The van der Waals surface area contributed by atoms with Crippen molar-refractivity contribution in [2.45, 2.75) is 56.9 Å². The molecule has 0 bridgehead atoms. The van der Waals surface area contributed by atoms with Gasteiger partial charge in [-0.15, -0.1) is 11.8 Å². The van der Waals surface area contributed by atoms with E-state index in [1.807, 2.05) is 6.92 Å². The van der Waals surface area contributed by atoms with Crippen LogP contribution in [0.25, 0.3) is 0 Å². The van der Waals surface area contributed by atoms with Crippen molar-refractivity contribution in [2.75, 3.05) is 6.54 Å². The normalized spacial score (nSPS) is 29.4. The minimum Gasteiger partial charge on any atom is -0.477 e. The standard InChI is InChI=1S/C23H27F2N3O6S/c1-11-18-17(12(2)30)21(31)28(18)19(22(32)33)20(11)35-16-7-14(10-29)27(9-16)26-8-13-3-5-15(6-4-13)34-23(24)25/h3-6,10-12,14,16-18,23,26,30H,7-9H2,1-2H3,(H,32,33)/t11-,12-,14+,16+,17-,18-/m1/s1. The highest BCUT2D eigenvalue weighted by Gasteiger charge is 2.60. The van der Waals surface area contributed by atoms with Gasteiger partial charge in [-0.05, 0) is 31.0 Å². The van der Waals surface area contributed by atoms with E-state index >= 15 is 0 Å². The van der Waals surface area contributed by atoms with Gasteiger partial charge in [-0.2, -0.15) is 8.78 Å². The number of hydrazine groups is 1. The molecule has 0 saturated carbocycles. The quantitative estimate of drug-likeness (QED) is 0.319. The maximum atomic E-state index is 12.5. The summed E-state index contributed by atoms with van der Waals surface area (Å²) in [5.41, 5.74) is 3.96. The zero-order valence-electron chi connectivity index (χ0n) is 19.1. The van der Waals surface area contributed by atoms with Gasteiger partial charge in [0.1, 0.15) is 17.7 Å². The number of amides is 1. The molecule has 2 fully saturated rings. The summed E-state index contributed by atoms with van der Waals surface area (Å²) in [7, 11) is 0. The Hall–Kier alpha value is -2.54. The lowest BCUT2D eigenvalue weighted by Crippen LogP contribution is -2.63. The van der Waals surface area contributed by atoms with Gasteiger partial charge >= 0.3 is 12.6 Å². The molecular formula is C23H27F2N3O6S. The van der Waals surface area contributed by atoms with Gasteiger partial charge in [-0.25, -0.2) is 9.80 Å². The molecule has 0 radical (unpaired) electrons. The maximum absolute atomic E-state index is 12.5.